The molecule has 4 aromatic rings. The van der Waals surface area contributed by atoms with E-state index in [0.717, 1.165) is 0 Å². The van der Waals surface area contributed by atoms with Gasteiger partial charge in [0.05, 0.1) is 31.4 Å². The van der Waals surface area contributed by atoms with E-state index in [4.69, 9.17) is 19.3 Å². The summed E-state index contributed by atoms with van der Waals surface area (Å²) in [5.74, 6) is 0. The minimum absolute atomic E-state index is 0.0753. The quantitative estimate of drug-likeness (QED) is 0.182. The van der Waals surface area contributed by atoms with Gasteiger partial charge in [-0.1, -0.05) is 163 Å². The van der Waals surface area contributed by atoms with E-state index >= 15 is 0 Å². The Hall–Kier alpha value is -3.58. The number of cyclic esters (lactones) is 1. The number of amides is 1. The van der Waals surface area contributed by atoms with Crippen LogP contribution in [0.3, 0.4) is 0 Å². The number of hydrogen-bond acceptors (Lipinski definition) is 6. The molecule has 9 heteroatoms. The van der Waals surface area contributed by atoms with Crippen molar-refractivity contribution in [3.63, 3.8) is 0 Å². The molecule has 0 aromatic heterocycles. The monoisotopic (exact) mass is 712 g/mol. The molecule has 1 saturated heterocycles. The summed E-state index contributed by atoms with van der Waals surface area (Å²) in [6.45, 7) is 17.8. The summed E-state index contributed by atoms with van der Waals surface area (Å²) in [6, 6.07) is 41.4. The van der Waals surface area contributed by atoms with Gasteiger partial charge in [0.2, 0.25) is 0 Å². The van der Waals surface area contributed by atoms with Gasteiger partial charge in [0.1, 0.15) is 6.10 Å². The summed E-state index contributed by atoms with van der Waals surface area (Å²) < 4.78 is 18.7. The second kappa shape index (κ2) is 16.6. The highest BCUT2D eigenvalue weighted by Gasteiger charge is 2.52. The summed E-state index contributed by atoms with van der Waals surface area (Å²) in [6.07, 6.45) is -1.16. The van der Waals surface area contributed by atoms with E-state index in [2.05, 4.69) is 144 Å². The molecule has 50 heavy (non-hydrogen) atoms. The van der Waals surface area contributed by atoms with E-state index in [9.17, 15) is 9.90 Å². The molecule has 268 valence electrons. The number of aliphatic hydroxyl groups is 1. The second-order valence-corrected chi connectivity index (χ2v) is 23.8. The molecule has 0 saturated carbocycles. The smallest absolute Gasteiger partial charge is 0.407 e. The molecule has 0 bridgehead atoms. The minimum Gasteiger partial charge on any atom is -0.444 e. The lowest BCUT2D eigenvalue weighted by molar-refractivity contribution is 0.127. The van der Waals surface area contributed by atoms with E-state index < -0.39 is 28.8 Å². The molecule has 0 unspecified atom stereocenters. The lowest BCUT2D eigenvalue weighted by atomic mass is 10.2. The number of benzene rings is 4. The van der Waals surface area contributed by atoms with Gasteiger partial charge in [-0.2, -0.15) is 0 Å². The molecular weight excluding hydrogens is 657 g/mol. The number of nitrogens with one attached hydrogen (secondary N) is 1. The van der Waals surface area contributed by atoms with Crippen LogP contribution in [-0.2, 0) is 13.6 Å². The zero-order chi connectivity index (χ0) is 36.6. The molecule has 4 N–H and O–H groups in total. The molecule has 1 aliphatic heterocycles. The van der Waals surface area contributed by atoms with Gasteiger partial charge in [0.25, 0.3) is 16.6 Å². The third-order valence-electron chi connectivity index (χ3n) is 9.59. The number of hydrogen-bond donors (Lipinski definition) is 3. The van der Waals surface area contributed by atoms with Gasteiger partial charge in [0, 0.05) is 0 Å². The molecule has 4 atom stereocenters. The van der Waals surface area contributed by atoms with Crippen molar-refractivity contribution in [3.8, 4) is 0 Å². The number of ether oxygens (including phenoxy) is 1. The SMILES string of the molecule is C[C@@H](O)[C@@H](N)CO[Si](c1ccccc1)(c1ccccc1)C(C)(C)C.C[C@H]1OC(=O)N[C@H]1CO[Si](c1ccccc1)(c1ccccc1)C(C)(C)C. The Morgan fingerprint density at radius 1 is 0.700 bits per heavy atom. The fourth-order valence-corrected chi connectivity index (χ4v) is 16.0. The van der Waals surface area contributed by atoms with Crippen molar-refractivity contribution in [1.82, 2.24) is 5.32 Å². The van der Waals surface area contributed by atoms with Gasteiger partial charge in [-0.05, 0) is 44.7 Å². The first kappa shape index (κ1) is 39.2. The Labute approximate surface area is 301 Å². The van der Waals surface area contributed by atoms with Gasteiger partial charge in [-0.3, -0.25) is 0 Å². The zero-order valence-electron chi connectivity index (χ0n) is 30.9. The van der Waals surface area contributed by atoms with Gasteiger partial charge < -0.3 is 29.7 Å². The van der Waals surface area contributed by atoms with Crippen LogP contribution in [-0.4, -0.2) is 65.3 Å². The third kappa shape index (κ3) is 8.65. The highest BCUT2D eigenvalue weighted by atomic mass is 28.4. The zero-order valence-corrected chi connectivity index (χ0v) is 32.9. The topological polar surface area (TPSA) is 103 Å². The summed E-state index contributed by atoms with van der Waals surface area (Å²) in [5, 5.41) is 17.4. The Morgan fingerprint density at radius 2 is 1.04 bits per heavy atom. The molecule has 1 aliphatic rings. The van der Waals surface area contributed by atoms with E-state index in [1.54, 1.807) is 6.92 Å². The number of nitrogens with two attached hydrogens (primary N) is 1. The van der Waals surface area contributed by atoms with Crippen molar-refractivity contribution in [2.45, 2.75) is 89.8 Å². The van der Waals surface area contributed by atoms with E-state index in [-0.39, 0.29) is 28.3 Å². The number of aliphatic hydroxyl groups excluding tert-OH is 1. The van der Waals surface area contributed by atoms with Crippen LogP contribution in [0, 0.1) is 0 Å². The molecule has 0 radical (unpaired) electrons. The Bertz CT molecular complexity index is 1530. The Kier molecular flexibility index (Phi) is 13.0. The summed E-state index contributed by atoms with van der Waals surface area (Å²) in [4.78, 5) is 11.5. The van der Waals surface area contributed by atoms with E-state index in [1.807, 2.05) is 31.2 Å². The van der Waals surface area contributed by atoms with Gasteiger partial charge >= 0.3 is 6.09 Å². The largest absolute Gasteiger partial charge is 0.444 e. The molecule has 1 amide bonds. The maximum atomic E-state index is 11.5. The molecular formula is C41H56N2O5Si2. The first-order valence-corrected chi connectivity index (χ1v) is 21.4. The van der Waals surface area contributed by atoms with Gasteiger partial charge in [-0.15, -0.1) is 0 Å². The van der Waals surface area contributed by atoms with Crippen LogP contribution in [0.4, 0.5) is 4.79 Å². The predicted molar refractivity (Wildman–Crippen MR) is 210 cm³/mol. The molecule has 0 spiro atoms. The predicted octanol–water partition coefficient (Wildman–Crippen LogP) is 5.33. The summed E-state index contributed by atoms with van der Waals surface area (Å²) in [7, 11) is -5.12. The highest BCUT2D eigenvalue weighted by Crippen LogP contribution is 2.38. The summed E-state index contributed by atoms with van der Waals surface area (Å²) in [5.41, 5.74) is 6.07. The van der Waals surface area contributed by atoms with E-state index in [1.165, 1.54) is 20.7 Å². The van der Waals surface area contributed by atoms with Crippen molar-refractivity contribution < 1.29 is 23.5 Å². The highest BCUT2D eigenvalue weighted by molar-refractivity contribution is 7.00. The fourth-order valence-electron chi connectivity index (χ4n) is 6.83. The van der Waals surface area contributed by atoms with Crippen molar-refractivity contribution in [3.05, 3.63) is 121 Å². The lowest BCUT2D eigenvalue weighted by Gasteiger charge is -2.43. The van der Waals surface area contributed by atoms with Crippen LogP contribution in [0.15, 0.2) is 121 Å². The fraction of sp³-hybridized carbons (Fsp3) is 0.390. The van der Waals surface area contributed by atoms with Crippen LogP contribution in [0.1, 0.15) is 55.4 Å². The van der Waals surface area contributed by atoms with Crippen molar-refractivity contribution in [2.24, 2.45) is 5.73 Å². The first-order valence-electron chi connectivity index (χ1n) is 17.5. The standard InChI is InChI=1S/C21H27NO3Si.C20H29NO2Si/c1-16-19(22-20(23)25-16)15-24-26(21(2,3)4,17-11-7-5-8-12-17)18-13-9-6-10-14-18;1-16(22)19(21)15-23-24(20(2,3)4,17-11-7-5-8-12-17)18-13-9-6-10-14-18/h5-14,16,19H,15H2,1-4H3,(H,22,23);5-14,16,19,22H,15,21H2,1-4H3/t2*16-,19+/m11/s1. The average Bonchev–Trinajstić information content (AvgIpc) is 3.42. The number of alkyl carbamates (subject to hydrolysis) is 1. The lowest BCUT2D eigenvalue weighted by Crippen LogP contribution is -2.67. The first-order chi connectivity index (χ1) is 23.6. The third-order valence-corrected chi connectivity index (χ3v) is 19.6. The van der Waals surface area contributed by atoms with Crippen LogP contribution in [0.2, 0.25) is 10.1 Å². The maximum absolute atomic E-state index is 11.5. The molecule has 0 aliphatic carbocycles. The molecule has 7 nitrogen and oxygen atoms in total. The van der Waals surface area contributed by atoms with Gasteiger partial charge in [-0.25, -0.2) is 4.79 Å². The molecule has 4 aromatic carbocycles. The van der Waals surface area contributed by atoms with Crippen molar-refractivity contribution in [2.75, 3.05) is 13.2 Å². The number of carbonyl (C=O) groups excluding carboxylic acids is 1. The van der Waals surface area contributed by atoms with Crippen LogP contribution < -0.4 is 31.8 Å². The van der Waals surface area contributed by atoms with Crippen LogP contribution in [0.25, 0.3) is 0 Å². The Morgan fingerprint density at radius 3 is 1.32 bits per heavy atom. The molecule has 5 rings (SSSR count). The number of rotatable bonds is 11. The van der Waals surface area contributed by atoms with Crippen molar-refractivity contribution in [1.29, 1.82) is 0 Å². The molecule has 1 fully saturated rings. The Balaban J connectivity index is 0.000000226. The number of carbonyl (C=O) groups is 1. The normalized spacial score (nSPS) is 17.9. The maximum Gasteiger partial charge on any atom is 0.407 e. The van der Waals surface area contributed by atoms with E-state index in [0.29, 0.717) is 13.2 Å². The average molecular weight is 713 g/mol. The minimum atomic E-state index is -2.58. The van der Waals surface area contributed by atoms with Gasteiger partial charge in [0.15, 0.2) is 0 Å². The second-order valence-electron chi connectivity index (χ2n) is 15.2. The van der Waals surface area contributed by atoms with Crippen LogP contribution >= 0.6 is 0 Å². The molecule has 1 heterocycles. The van der Waals surface area contributed by atoms with Crippen molar-refractivity contribution >= 4 is 43.5 Å². The summed E-state index contributed by atoms with van der Waals surface area (Å²) >= 11 is 0. The van der Waals surface area contributed by atoms with Crippen LogP contribution in [0.5, 0.6) is 0 Å².